The van der Waals surface area contributed by atoms with Gasteiger partial charge in [0.15, 0.2) is 0 Å². The standard InChI is InChI=1S/C56H41BN2OS2/c1-55(2,3)30-15-18-32(19-16-30)59-45-26-42-40-23-31(56(4,5)6)17-22-50(40)62-51(42)27-38(45)35-20-21-36-37-24-39-33-11-7-9-13-47(33)60-48(39)28-44(37)58-46-29-52-41(34-12-8-10-14-49(34)61-52)25-43(46)57(59)53(35)54(36)58/h7-29H,1-6H3. The molecule has 2 aliphatic heterocycles. The summed E-state index contributed by atoms with van der Waals surface area (Å²) in [5.74, 6) is 0. The number of anilines is 2. The molecule has 14 rings (SSSR count). The van der Waals surface area contributed by atoms with E-state index in [1.165, 1.54) is 112 Å². The van der Waals surface area contributed by atoms with Crippen molar-refractivity contribution in [1.29, 1.82) is 0 Å². The van der Waals surface area contributed by atoms with Crippen molar-refractivity contribution in [3.8, 4) is 16.8 Å². The highest BCUT2D eigenvalue weighted by Crippen LogP contribution is 2.50. The lowest BCUT2D eigenvalue weighted by atomic mass is 9.44. The fourth-order valence-corrected chi connectivity index (χ4v) is 13.2. The third-order valence-electron chi connectivity index (χ3n) is 14.1. The van der Waals surface area contributed by atoms with E-state index in [1.54, 1.807) is 0 Å². The molecule has 8 aromatic carbocycles. The fourth-order valence-electron chi connectivity index (χ4n) is 11.0. The molecule has 0 unspecified atom stereocenters. The minimum atomic E-state index is -0.0760. The second-order valence-electron chi connectivity index (χ2n) is 19.7. The molecule has 0 spiro atoms. The molecule has 0 bridgehead atoms. The van der Waals surface area contributed by atoms with Crippen LogP contribution in [-0.4, -0.2) is 11.4 Å². The summed E-state index contributed by atoms with van der Waals surface area (Å²) in [6.07, 6.45) is 0. The van der Waals surface area contributed by atoms with E-state index < -0.39 is 0 Å². The number of furan rings is 1. The van der Waals surface area contributed by atoms with Gasteiger partial charge in [-0.1, -0.05) is 114 Å². The van der Waals surface area contributed by atoms with Crippen molar-refractivity contribution >= 4 is 136 Å². The van der Waals surface area contributed by atoms with Gasteiger partial charge in [0.2, 0.25) is 0 Å². The summed E-state index contributed by atoms with van der Waals surface area (Å²) >= 11 is 3.81. The molecule has 296 valence electrons. The second kappa shape index (κ2) is 11.8. The number of aromatic nitrogens is 1. The highest BCUT2D eigenvalue weighted by Gasteiger charge is 2.44. The van der Waals surface area contributed by atoms with Gasteiger partial charge in [-0.3, -0.25) is 0 Å². The molecule has 62 heavy (non-hydrogen) atoms. The molecular weight excluding hydrogens is 792 g/mol. The molecule has 0 aliphatic carbocycles. The van der Waals surface area contributed by atoms with E-state index in [9.17, 15) is 0 Å². The van der Waals surface area contributed by atoms with Gasteiger partial charge in [0.05, 0.1) is 11.0 Å². The fraction of sp³-hybridized carbons (Fsp3) is 0.143. The van der Waals surface area contributed by atoms with Gasteiger partial charge in [0, 0.05) is 90.6 Å². The Kier molecular flexibility index (Phi) is 6.70. The van der Waals surface area contributed by atoms with Gasteiger partial charge in [-0.15, -0.1) is 22.7 Å². The molecule has 0 saturated heterocycles. The molecule has 0 atom stereocenters. The van der Waals surface area contributed by atoms with Crippen LogP contribution in [0.1, 0.15) is 52.7 Å². The minimum absolute atomic E-state index is 0.0398. The van der Waals surface area contributed by atoms with E-state index in [0.717, 1.165) is 21.9 Å². The second-order valence-corrected chi connectivity index (χ2v) is 21.9. The molecule has 12 aromatic rings. The first kappa shape index (κ1) is 35.3. The number of benzene rings is 8. The third-order valence-corrected chi connectivity index (χ3v) is 16.3. The van der Waals surface area contributed by atoms with Crippen LogP contribution in [0.15, 0.2) is 144 Å². The molecule has 6 heteroatoms. The van der Waals surface area contributed by atoms with Crippen LogP contribution in [0.5, 0.6) is 0 Å². The van der Waals surface area contributed by atoms with Gasteiger partial charge in [0.25, 0.3) is 0 Å². The predicted octanol–water partition coefficient (Wildman–Crippen LogP) is 15.3. The van der Waals surface area contributed by atoms with Crippen LogP contribution in [0.3, 0.4) is 0 Å². The van der Waals surface area contributed by atoms with Crippen molar-refractivity contribution in [2.45, 2.75) is 52.4 Å². The van der Waals surface area contributed by atoms with E-state index in [1.807, 2.05) is 22.7 Å². The number of thiophene rings is 2. The van der Waals surface area contributed by atoms with Crippen molar-refractivity contribution in [2.24, 2.45) is 0 Å². The zero-order valence-electron chi connectivity index (χ0n) is 35.5. The van der Waals surface area contributed by atoms with Crippen LogP contribution >= 0.6 is 22.7 Å². The lowest BCUT2D eigenvalue weighted by Gasteiger charge is -2.42. The first-order valence-corrected chi connectivity index (χ1v) is 23.4. The molecule has 0 radical (unpaired) electrons. The summed E-state index contributed by atoms with van der Waals surface area (Å²) in [5.41, 5.74) is 16.1. The van der Waals surface area contributed by atoms with Crippen LogP contribution in [-0.2, 0) is 10.8 Å². The van der Waals surface area contributed by atoms with Crippen molar-refractivity contribution in [3.63, 3.8) is 0 Å². The predicted molar refractivity (Wildman–Crippen MR) is 270 cm³/mol. The van der Waals surface area contributed by atoms with Crippen LogP contribution < -0.4 is 15.7 Å². The molecule has 4 aromatic heterocycles. The zero-order chi connectivity index (χ0) is 41.6. The molecule has 6 heterocycles. The van der Waals surface area contributed by atoms with Crippen molar-refractivity contribution in [2.75, 3.05) is 4.81 Å². The maximum absolute atomic E-state index is 6.61. The first-order valence-electron chi connectivity index (χ1n) is 21.8. The Hall–Kier alpha value is -6.34. The minimum Gasteiger partial charge on any atom is -0.456 e. The Labute approximate surface area is 367 Å². The SMILES string of the molecule is CC(C)(C)c1ccc(N2B3c4cc5c(cc4-n4c6cc7oc8ccccc8c7cc6c6ccc(c3c64)-c3cc4sc6ccc(C(C)(C)C)cc6c4cc32)sc2ccccc25)cc1. The Balaban J connectivity index is 1.15. The van der Waals surface area contributed by atoms with Gasteiger partial charge in [-0.25, -0.2) is 0 Å². The average molecular weight is 833 g/mol. The lowest BCUT2D eigenvalue weighted by molar-refractivity contribution is 0.590. The monoisotopic (exact) mass is 832 g/mol. The van der Waals surface area contributed by atoms with Gasteiger partial charge in [-0.2, -0.15) is 0 Å². The Morgan fingerprint density at radius 2 is 1.16 bits per heavy atom. The average Bonchev–Trinajstić information content (AvgIpc) is 4.01. The highest BCUT2D eigenvalue weighted by molar-refractivity contribution is 7.26. The van der Waals surface area contributed by atoms with Crippen molar-refractivity contribution < 1.29 is 4.42 Å². The smallest absolute Gasteiger partial charge is 0.333 e. The maximum atomic E-state index is 6.61. The molecule has 2 aliphatic rings. The number of hydrogen-bond acceptors (Lipinski definition) is 4. The van der Waals surface area contributed by atoms with E-state index in [-0.39, 0.29) is 17.7 Å². The van der Waals surface area contributed by atoms with Crippen molar-refractivity contribution in [3.05, 3.63) is 151 Å². The van der Waals surface area contributed by atoms with E-state index >= 15 is 0 Å². The van der Waals surface area contributed by atoms with E-state index in [2.05, 4.69) is 190 Å². The summed E-state index contributed by atoms with van der Waals surface area (Å²) < 4.78 is 14.5. The number of fused-ring (bicyclic) bond motifs is 17. The quantitative estimate of drug-likeness (QED) is 0.154. The lowest BCUT2D eigenvalue weighted by Crippen LogP contribution is -2.60. The molecule has 3 nitrogen and oxygen atoms in total. The Morgan fingerprint density at radius 3 is 1.97 bits per heavy atom. The number of nitrogens with zero attached hydrogens (tertiary/aromatic N) is 2. The largest absolute Gasteiger partial charge is 0.456 e. The summed E-state index contributed by atoms with van der Waals surface area (Å²) in [7, 11) is 0. The summed E-state index contributed by atoms with van der Waals surface area (Å²) in [5, 5.41) is 10.2. The topological polar surface area (TPSA) is 21.3 Å². The molecule has 0 fully saturated rings. The molecular formula is C56H41BN2OS2. The maximum Gasteiger partial charge on any atom is 0.333 e. The molecule has 0 N–H and O–H groups in total. The van der Waals surface area contributed by atoms with Gasteiger partial charge in [0.1, 0.15) is 11.2 Å². The van der Waals surface area contributed by atoms with Crippen LogP contribution in [0.4, 0.5) is 11.4 Å². The van der Waals surface area contributed by atoms with Gasteiger partial charge in [-0.05, 0) is 99.1 Å². The zero-order valence-corrected chi connectivity index (χ0v) is 37.1. The Bertz CT molecular complexity index is 3960. The summed E-state index contributed by atoms with van der Waals surface area (Å²) in [4.78, 5) is 2.69. The van der Waals surface area contributed by atoms with E-state index in [0.29, 0.717) is 0 Å². The van der Waals surface area contributed by atoms with Crippen LogP contribution in [0, 0.1) is 0 Å². The van der Waals surface area contributed by atoms with Crippen LogP contribution in [0.25, 0.3) is 101 Å². The van der Waals surface area contributed by atoms with Gasteiger partial charge < -0.3 is 13.8 Å². The summed E-state index contributed by atoms with van der Waals surface area (Å²) in [6, 6.07) is 53.6. The van der Waals surface area contributed by atoms with E-state index in [4.69, 9.17) is 4.42 Å². The normalized spacial score (nSPS) is 13.9. The Morgan fingerprint density at radius 1 is 0.468 bits per heavy atom. The van der Waals surface area contributed by atoms with Gasteiger partial charge >= 0.3 is 6.85 Å². The van der Waals surface area contributed by atoms with Crippen LogP contribution in [0.2, 0.25) is 0 Å². The molecule has 0 saturated carbocycles. The third kappa shape index (κ3) is 4.61. The first-order chi connectivity index (χ1) is 30.0. The number of hydrogen-bond donors (Lipinski definition) is 0. The van der Waals surface area contributed by atoms with Crippen molar-refractivity contribution in [1.82, 2.24) is 4.57 Å². The number of para-hydroxylation sites is 1. The molecule has 0 amide bonds. The highest BCUT2D eigenvalue weighted by atomic mass is 32.1. The summed E-state index contributed by atoms with van der Waals surface area (Å²) in [6.45, 7) is 13.8. The number of rotatable bonds is 1.